The number of aromatic nitrogens is 1. The highest BCUT2D eigenvalue weighted by Crippen LogP contribution is 2.23. The van der Waals surface area contributed by atoms with Crippen molar-refractivity contribution in [3.05, 3.63) is 65.5 Å². The molecule has 0 radical (unpaired) electrons. The van der Waals surface area contributed by atoms with Crippen LogP contribution in [0.5, 0.6) is 0 Å². The Balaban J connectivity index is 1.56. The van der Waals surface area contributed by atoms with Crippen LogP contribution in [-0.4, -0.2) is 23.0 Å². The number of benzene rings is 1. The number of nitrogens with one attached hydrogen (secondary N) is 1. The van der Waals surface area contributed by atoms with E-state index in [1.165, 1.54) is 11.1 Å². The smallest absolute Gasteiger partial charge is 0.253 e. The minimum absolute atomic E-state index is 0.0749. The molecule has 3 rings (SSSR count). The predicted molar refractivity (Wildman–Crippen MR) is 89.1 cm³/mol. The Bertz CT molecular complexity index is 657. The zero-order valence-electron chi connectivity index (χ0n) is 13.4. The third kappa shape index (κ3) is 4.17. The van der Waals surface area contributed by atoms with Gasteiger partial charge in [0.15, 0.2) is 0 Å². The highest BCUT2D eigenvalue weighted by Gasteiger charge is 2.29. The molecule has 120 valence electrons. The molecule has 1 aliphatic rings. The van der Waals surface area contributed by atoms with Crippen LogP contribution in [0.4, 0.5) is 0 Å². The van der Waals surface area contributed by atoms with Crippen molar-refractivity contribution < 1.29 is 9.53 Å². The minimum atomic E-state index is -0.0749. The molecule has 4 nitrogen and oxygen atoms in total. The van der Waals surface area contributed by atoms with Gasteiger partial charge >= 0.3 is 0 Å². The molecule has 0 bridgehead atoms. The molecule has 1 aromatic heterocycles. The van der Waals surface area contributed by atoms with Crippen LogP contribution in [0.25, 0.3) is 0 Å². The lowest BCUT2D eigenvalue weighted by molar-refractivity contribution is 0.0272. The first-order chi connectivity index (χ1) is 11.2. The summed E-state index contributed by atoms with van der Waals surface area (Å²) in [5.41, 5.74) is 3.00. The summed E-state index contributed by atoms with van der Waals surface area (Å²) in [5, 5.41) is 3.09. The Kier molecular flexibility index (Phi) is 5.03. The van der Waals surface area contributed by atoms with Crippen molar-refractivity contribution in [1.29, 1.82) is 0 Å². The lowest BCUT2D eigenvalue weighted by Crippen LogP contribution is -2.41. The van der Waals surface area contributed by atoms with E-state index in [1.807, 2.05) is 6.07 Å². The van der Waals surface area contributed by atoms with Gasteiger partial charge in [-0.25, -0.2) is 0 Å². The Labute approximate surface area is 136 Å². The fourth-order valence-electron chi connectivity index (χ4n) is 3.04. The molecule has 23 heavy (non-hydrogen) atoms. The quantitative estimate of drug-likeness (QED) is 0.922. The molecule has 1 amide bonds. The fourth-order valence-corrected chi connectivity index (χ4v) is 3.04. The maximum absolute atomic E-state index is 12.3. The van der Waals surface area contributed by atoms with E-state index in [9.17, 15) is 4.79 Å². The molecule has 1 aliphatic carbocycles. The summed E-state index contributed by atoms with van der Waals surface area (Å²) in [7, 11) is 0. The lowest BCUT2D eigenvalue weighted by Gasteiger charge is -2.21. The van der Waals surface area contributed by atoms with Crippen molar-refractivity contribution in [2.45, 2.75) is 44.9 Å². The van der Waals surface area contributed by atoms with Crippen molar-refractivity contribution in [2.75, 3.05) is 0 Å². The summed E-state index contributed by atoms with van der Waals surface area (Å²) in [6, 6.07) is 12.0. The molecule has 1 N–H and O–H groups in total. The minimum Gasteiger partial charge on any atom is -0.371 e. The van der Waals surface area contributed by atoms with Gasteiger partial charge in [0.25, 0.3) is 5.91 Å². The number of rotatable bonds is 5. The maximum Gasteiger partial charge on any atom is 0.253 e. The summed E-state index contributed by atoms with van der Waals surface area (Å²) < 4.78 is 6.06. The molecule has 1 heterocycles. The monoisotopic (exact) mass is 310 g/mol. The van der Waals surface area contributed by atoms with Gasteiger partial charge in [0.1, 0.15) is 0 Å². The van der Waals surface area contributed by atoms with Gasteiger partial charge in [0, 0.05) is 12.4 Å². The number of amides is 1. The largest absolute Gasteiger partial charge is 0.371 e. The van der Waals surface area contributed by atoms with E-state index < -0.39 is 0 Å². The van der Waals surface area contributed by atoms with Crippen LogP contribution in [0.15, 0.2) is 48.8 Å². The molecule has 0 spiro atoms. The molecular weight excluding hydrogens is 288 g/mol. The summed E-state index contributed by atoms with van der Waals surface area (Å²) in [6.07, 6.45) is 6.37. The zero-order valence-corrected chi connectivity index (χ0v) is 13.4. The predicted octanol–water partition coefficient (Wildman–Crippen LogP) is 3.26. The van der Waals surface area contributed by atoms with Crippen LogP contribution in [0.1, 0.15) is 40.7 Å². The second-order valence-electron chi connectivity index (χ2n) is 6.09. The number of pyridine rings is 1. The average Bonchev–Trinajstić information content (AvgIpc) is 3.01. The molecule has 1 fully saturated rings. The molecule has 0 unspecified atom stereocenters. The van der Waals surface area contributed by atoms with E-state index in [-0.39, 0.29) is 18.1 Å². The van der Waals surface area contributed by atoms with Crippen LogP contribution < -0.4 is 5.32 Å². The van der Waals surface area contributed by atoms with Crippen molar-refractivity contribution in [3.8, 4) is 0 Å². The SMILES string of the molecule is Cc1cccc(CO[C@H]2CCC[C@@H]2NC(=O)c2cccnc2)c1. The van der Waals surface area contributed by atoms with E-state index in [0.717, 1.165) is 19.3 Å². The number of carbonyl (C=O) groups is 1. The third-order valence-electron chi connectivity index (χ3n) is 4.24. The summed E-state index contributed by atoms with van der Waals surface area (Å²) in [4.78, 5) is 16.2. The first-order valence-electron chi connectivity index (χ1n) is 8.10. The Morgan fingerprint density at radius 2 is 2.22 bits per heavy atom. The maximum atomic E-state index is 12.3. The average molecular weight is 310 g/mol. The van der Waals surface area contributed by atoms with E-state index in [1.54, 1.807) is 24.5 Å². The van der Waals surface area contributed by atoms with Gasteiger partial charge in [-0.3, -0.25) is 9.78 Å². The van der Waals surface area contributed by atoms with E-state index in [4.69, 9.17) is 4.74 Å². The van der Waals surface area contributed by atoms with Crippen LogP contribution in [-0.2, 0) is 11.3 Å². The Hall–Kier alpha value is -2.20. The fraction of sp³-hybridized carbons (Fsp3) is 0.368. The second-order valence-corrected chi connectivity index (χ2v) is 6.09. The zero-order chi connectivity index (χ0) is 16.1. The van der Waals surface area contributed by atoms with Gasteiger partial charge in [0.05, 0.1) is 24.3 Å². The number of hydrogen-bond donors (Lipinski definition) is 1. The summed E-state index contributed by atoms with van der Waals surface area (Å²) in [6.45, 7) is 2.67. The van der Waals surface area contributed by atoms with E-state index in [0.29, 0.717) is 12.2 Å². The summed E-state index contributed by atoms with van der Waals surface area (Å²) in [5.74, 6) is -0.0749. The number of carbonyl (C=O) groups excluding carboxylic acids is 1. The van der Waals surface area contributed by atoms with E-state index in [2.05, 4.69) is 35.4 Å². The van der Waals surface area contributed by atoms with Crippen LogP contribution in [0, 0.1) is 6.92 Å². The van der Waals surface area contributed by atoms with Gasteiger partial charge in [0.2, 0.25) is 0 Å². The second kappa shape index (κ2) is 7.38. The standard InChI is InChI=1S/C19H22N2O2/c1-14-5-2-6-15(11-14)13-23-18-9-3-8-17(18)21-19(22)16-7-4-10-20-12-16/h2,4-7,10-12,17-18H,3,8-9,13H2,1H3,(H,21,22)/t17-,18-/m0/s1. The Morgan fingerprint density at radius 3 is 3.00 bits per heavy atom. The number of ether oxygens (including phenoxy) is 1. The van der Waals surface area contributed by atoms with Crippen molar-refractivity contribution in [3.63, 3.8) is 0 Å². The summed E-state index contributed by atoms with van der Waals surface area (Å²) >= 11 is 0. The number of aryl methyl sites for hydroxylation is 1. The molecule has 0 aliphatic heterocycles. The molecular formula is C19H22N2O2. The number of nitrogens with zero attached hydrogens (tertiary/aromatic N) is 1. The van der Waals surface area contributed by atoms with Gasteiger partial charge in [-0.1, -0.05) is 29.8 Å². The molecule has 4 heteroatoms. The topological polar surface area (TPSA) is 51.2 Å². The normalized spacial score (nSPS) is 20.4. The van der Waals surface area contributed by atoms with Gasteiger partial charge in [-0.2, -0.15) is 0 Å². The van der Waals surface area contributed by atoms with Crippen molar-refractivity contribution in [2.24, 2.45) is 0 Å². The highest BCUT2D eigenvalue weighted by molar-refractivity contribution is 5.94. The van der Waals surface area contributed by atoms with Crippen LogP contribution in [0.3, 0.4) is 0 Å². The highest BCUT2D eigenvalue weighted by atomic mass is 16.5. The van der Waals surface area contributed by atoms with Crippen LogP contribution in [0.2, 0.25) is 0 Å². The first-order valence-corrected chi connectivity index (χ1v) is 8.10. The van der Waals surface area contributed by atoms with Crippen molar-refractivity contribution in [1.82, 2.24) is 10.3 Å². The van der Waals surface area contributed by atoms with Crippen LogP contribution >= 0.6 is 0 Å². The molecule has 2 atom stereocenters. The third-order valence-corrected chi connectivity index (χ3v) is 4.24. The van der Waals surface area contributed by atoms with Gasteiger partial charge in [-0.05, 0) is 43.9 Å². The molecule has 2 aromatic rings. The Morgan fingerprint density at radius 1 is 1.30 bits per heavy atom. The lowest BCUT2D eigenvalue weighted by atomic mass is 10.1. The van der Waals surface area contributed by atoms with Crippen molar-refractivity contribution >= 4 is 5.91 Å². The first kappa shape index (κ1) is 15.7. The molecule has 1 aromatic carbocycles. The number of hydrogen-bond acceptors (Lipinski definition) is 3. The molecule has 1 saturated carbocycles. The van der Waals surface area contributed by atoms with E-state index >= 15 is 0 Å². The molecule has 0 saturated heterocycles. The van der Waals surface area contributed by atoms with Gasteiger partial charge < -0.3 is 10.1 Å². The van der Waals surface area contributed by atoms with Gasteiger partial charge in [-0.15, -0.1) is 0 Å².